The predicted molar refractivity (Wildman–Crippen MR) is 101 cm³/mol. The minimum Gasteiger partial charge on any atom is -0.396 e. The zero-order valence-electron chi connectivity index (χ0n) is 16.6. The van der Waals surface area contributed by atoms with Gasteiger partial charge in [-0.1, -0.05) is 31.9 Å². The maximum Gasteiger partial charge on any atom is 0.192 e. The number of hydrogen-bond acceptors (Lipinski definition) is 5. The van der Waals surface area contributed by atoms with E-state index in [1.54, 1.807) is 0 Å². The van der Waals surface area contributed by atoms with Gasteiger partial charge < -0.3 is 20.1 Å². The third-order valence-electron chi connectivity index (χ3n) is 8.31. The van der Waals surface area contributed by atoms with E-state index in [4.69, 9.17) is 4.74 Å². The van der Waals surface area contributed by atoms with Crippen molar-refractivity contribution in [3.8, 4) is 0 Å². The molecule has 0 spiro atoms. The summed E-state index contributed by atoms with van der Waals surface area (Å²) in [6.45, 7) is 6.51. The second-order valence-corrected chi connectivity index (χ2v) is 9.78. The standard InChI is InChI=1S/C22H32O5/c1-13-5-6-16-20(2,12-24)7-4-8-21(16,3)15(13)10-22-17(25)9-14(11-23)18(26)19(22)27-22/h5,9,15-17,19,23-25H,4,6-8,10-12H2,1-3H3/t15?,16?,17-,19-,20?,21?,22+/m1/s1. The van der Waals surface area contributed by atoms with Gasteiger partial charge in [0.15, 0.2) is 11.9 Å². The SMILES string of the molecule is CC1=CCC2C(C)(CO)CCCC2(C)C1C[C@@]12O[C@@H]1C(=O)C(CO)=C[C@H]2O. The lowest BCUT2D eigenvalue weighted by molar-refractivity contribution is -0.117. The highest BCUT2D eigenvalue weighted by atomic mass is 16.6. The van der Waals surface area contributed by atoms with E-state index in [9.17, 15) is 20.1 Å². The molecule has 27 heavy (non-hydrogen) atoms. The van der Waals surface area contributed by atoms with Crippen LogP contribution >= 0.6 is 0 Å². The Morgan fingerprint density at radius 2 is 2.00 bits per heavy atom. The molecule has 5 nitrogen and oxygen atoms in total. The Balaban J connectivity index is 1.66. The first kappa shape index (κ1) is 19.3. The minimum absolute atomic E-state index is 0.0174. The van der Waals surface area contributed by atoms with E-state index in [2.05, 4.69) is 26.8 Å². The molecule has 5 heteroatoms. The Morgan fingerprint density at radius 1 is 1.26 bits per heavy atom. The molecule has 0 amide bonds. The molecule has 0 radical (unpaired) electrons. The van der Waals surface area contributed by atoms with Crippen molar-refractivity contribution in [1.82, 2.24) is 0 Å². The number of hydrogen-bond donors (Lipinski definition) is 3. The maximum atomic E-state index is 12.5. The van der Waals surface area contributed by atoms with E-state index in [-0.39, 0.29) is 41.3 Å². The van der Waals surface area contributed by atoms with E-state index in [1.165, 1.54) is 11.6 Å². The molecular weight excluding hydrogens is 344 g/mol. The van der Waals surface area contributed by atoms with Crippen LogP contribution in [-0.2, 0) is 9.53 Å². The van der Waals surface area contributed by atoms with E-state index in [0.29, 0.717) is 12.3 Å². The van der Waals surface area contributed by atoms with E-state index < -0.39 is 17.8 Å². The summed E-state index contributed by atoms with van der Waals surface area (Å²) in [5.41, 5.74) is 0.633. The molecular formula is C22H32O5. The van der Waals surface area contributed by atoms with Crippen LogP contribution in [0.4, 0.5) is 0 Å². The van der Waals surface area contributed by atoms with Gasteiger partial charge in [-0.05, 0) is 61.3 Å². The van der Waals surface area contributed by atoms with E-state index in [1.807, 2.05) is 0 Å². The average Bonchev–Trinajstić information content (AvgIpc) is 3.38. The van der Waals surface area contributed by atoms with Crippen LogP contribution in [0.5, 0.6) is 0 Å². The van der Waals surface area contributed by atoms with Crippen LogP contribution in [0.25, 0.3) is 0 Å². The van der Waals surface area contributed by atoms with Crippen molar-refractivity contribution in [3.05, 3.63) is 23.3 Å². The Labute approximate surface area is 161 Å². The summed E-state index contributed by atoms with van der Waals surface area (Å²) in [6.07, 6.45) is 7.06. The monoisotopic (exact) mass is 376 g/mol. The van der Waals surface area contributed by atoms with Crippen molar-refractivity contribution in [2.45, 2.75) is 70.7 Å². The van der Waals surface area contributed by atoms with Crippen molar-refractivity contribution >= 4 is 5.78 Å². The Morgan fingerprint density at radius 3 is 2.67 bits per heavy atom. The van der Waals surface area contributed by atoms with Crippen LogP contribution in [0.3, 0.4) is 0 Å². The van der Waals surface area contributed by atoms with Gasteiger partial charge in [0.25, 0.3) is 0 Å². The second-order valence-electron chi connectivity index (χ2n) is 9.78. The minimum atomic E-state index is -0.869. The van der Waals surface area contributed by atoms with Gasteiger partial charge in [0.05, 0.1) is 6.61 Å². The summed E-state index contributed by atoms with van der Waals surface area (Å²) in [5, 5.41) is 30.2. The summed E-state index contributed by atoms with van der Waals surface area (Å²) in [4.78, 5) is 12.5. The average molecular weight is 376 g/mol. The third kappa shape index (κ3) is 2.62. The van der Waals surface area contributed by atoms with Gasteiger partial charge in [0, 0.05) is 12.2 Å². The normalized spacial score (nSPS) is 49.0. The number of aliphatic hydroxyl groups excluding tert-OH is 3. The van der Waals surface area contributed by atoms with Gasteiger partial charge in [-0.25, -0.2) is 0 Å². The van der Waals surface area contributed by atoms with Crippen LogP contribution in [-0.4, -0.2) is 52.1 Å². The van der Waals surface area contributed by atoms with Crippen molar-refractivity contribution < 1.29 is 24.9 Å². The van der Waals surface area contributed by atoms with Gasteiger partial charge in [-0.2, -0.15) is 0 Å². The van der Waals surface area contributed by atoms with Crippen LogP contribution in [0, 0.1) is 22.7 Å². The highest BCUT2D eigenvalue weighted by molar-refractivity contribution is 6.03. The number of allylic oxidation sites excluding steroid dienone is 2. The Bertz CT molecular complexity index is 711. The molecule has 1 aliphatic heterocycles. The Hall–Kier alpha value is -1.01. The predicted octanol–water partition coefficient (Wildman–Crippen LogP) is 2.15. The number of aliphatic hydroxyl groups is 3. The number of carbonyl (C=O) groups excluding carboxylic acids is 1. The number of fused-ring (bicyclic) bond motifs is 2. The summed E-state index contributed by atoms with van der Waals surface area (Å²) in [5.74, 6) is 0.399. The topological polar surface area (TPSA) is 90.3 Å². The fourth-order valence-corrected chi connectivity index (χ4v) is 6.53. The highest BCUT2D eigenvalue weighted by Crippen LogP contribution is 2.63. The molecule has 7 atom stereocenters. The quantitative estimate of drug-likeness (QED) is 0.517. The maximum absolute atomic E-state index is 12.5. The lowest BCUT2D eigenvalue weighted by Crippen LogP contribution is -2.53. The summed E-state index contributed by atoms with van der Waals surface area (Å²) >= 11 is 0. The molecule has 4 rings (SSSR count). The van der Waals surface area contributed by atoms with Crippen LogP contribution < -0.4 is 0 Å². The van der Waals surface area contributed by atoms with Gasteiger partial charge in [0.1, 0.15) is 11.7 Å². The number of Topliss-reactive ketones (excluding diaryl/α,β-unsaturated/α-hetero) is 1. The van der Waals surface area contributed by atoms with Gasteiger partial charge >= 0.3 is 0 Å². The van der Waals surface area contributed by atoms with Crippen LogP contribution in [0.1, 0.15) is 52.9 Å². The van der Waals surface area contributed by atoms with Crippen molar-refractivity contribution in [2.75, 3.05) is 13.2 Å². The first-order chi connectivity index (χ1) is 12.7. The molecule has 1 saturated heterocycles. The smallest absolute Gasteiger partial charge is 0.192 e. The third-order valence-corrected chi connectivity index (χ3v) is 8.31. The van der Waals surface area contributed by atoms with E-state index >= 15 is 0 Å². The molecule has 3 N–H and O–H groups in total. The van der Waals surface area contributed by atoms with Crippen molar-refractivity contribution in [1.29, 1.82) is 0 Å². The van der Waals surface area contributed by atoms with Crippen LogP contribution in [0.15, 0.2) is 23.3 Å². The molecule has 1 saturated carbocycles. The molecule has 0 aromatic heterocycles. The second kappa shape index (κ2) is 6.24. The summed E-state index contributed by atoms with van der Waals surface area (Å²) in [6, 6.07) is 0. The molecule has 150 valence electrons. The van der Waals surface area contributed by atoms with Gasteiger partial charge in [-0.3, -0.25) is 4.79 Å². The highest BCUT2D eigenvalue weighted by Gasteiger charge is 2.68. The van der Waals surface area contributed by atoms with Crippen LogP contribution in [0.2, 0.25) is 0 Å². The summed E-state index contributed by atoms with van der Waals surface area (Å²) < 4.78 is 5.84. The zero-order chi connectivity index (χ0) is 19.6. The van der Waals surface area contributed by atoms with E-state index in [0.717, 1.165) is 25.7 Å². The number of carbonyl (C=O) groups is 1. The molecule has 0 bridgehead atoms. The fourth-order valence-electron chi connectivity index (χ4n) is 6.53. The molecule has 3 aliphatic carbocycles. The zero-order valence-corrected chi connectivity index (χ0v) is 16.6. The van der Waals surface area contributed by atoms with Crippen molar-refractivity contribution in [3.63, 3.8) is 0 Å². The molecule has 1 heterocycles. The molecule has 4 aliphatic rings. The Kier molecular flexibility index (Phi) is 4.47. The molecule has 4 unspecified atom stereocenters. The summed E-state index contributed by atoms with van der Waals surface area (Å²) in [7, 11) is 0. The number of rotatable bonds is 4. The molecule has 2 fully saturated rings. The largest absolute Gasteiger partial charge is 0.396 e. The fraction of sp³-hybridized carbons (Fsp3) is 0.773. The van der Waals surface area contributed by atoms with Crippen molar-refractivity contribution in [2.24, 2.45) is 22.7 Å². The first-order valence-corrected chi connectivity index (χ1v) is 10.2. The lowest BCUT2D eigenvalue weighted by Gasteiger charge is -2.57. The first-order valence-electron chi connectivity index (χ1n) is 10.2. The number of ketones is 1. The molecule has 0 aromatic carbocycles. The molecule has 0 aromatic rings. The van der Waals surface area contributed by atoms with Gasteiger partial charge in [0.2, 0.25) is 0 Å². The number of ether oxygens (including phenoxy) is 1. The lowest BCUT2D eigenvalue weighted by atomic mass is 9.47. The van der Waals surface area contributed by atoms with Gasteiger partial charge in [-0.15, -0.1) is 0 Å². The number of epoxide rings is 1.